The summed E-state index contributed by atoms with van der Waals surface area (Å²) in [5.41, 5.74) is 4.31. The van der Waals surface area contributed by atoms with Crippen molar-refractivity contribution in [2.24, 2.45) is 0 Å². The largest absolute Gasteiger partial charge is 0.380 e. The second-order valence-corrected chi connectivity index (χ2v) is 23.5. The summed E-state index contributed by atoms with van der Waals surface area (Å²) in [4.78, 5) is 16.6. The van der Waals surface area contributed by atoms with Gasteiger partial charge in [0.05, 0.1) is 25.9 Å². The van der Waals surface area contributed by atoms with Gasteiger partial charge in [0.25, 0.3) is 10.0 Å². The van der Waals surface area contributed by atoms with Crippen LogP contribution in [-0.4, -0.2) is 104 Å². The molecular formula is C47H57ClFN7O4S3. The number of sulfone groups is 1. The smallest absolute Gasteiger partial charge is 0.263 e. The zero-order valence-electron chi connectivity index (χ0n) is 36.5. The van der Waals surface area contributed by atoms with Gasteiger partial charge in [0, 0.05) is 58.5 Å². The maximum absolute atomic E-state index is 15.2. The summed E-state index contributed by atoms with van der Waals surface area (Å²) in [5.74, 6) is 0.646. The first-order valence-corrected chi connectivity index (χ1v) is 25.6. The lowest BCUT2D eigenvalue weighted by Gasteiger charge is -2.40. The van der Waals surface area contributed by atoms with E-state index in [4.69, 9.17) is 11.6 Å². The highest BCUT2D eigenvalue weighted by Gasteiger charge is 2.36. The number of piperidine rings is 1. The van der Waals surface area contributed by atoms with E-state index < -0.39 is 24.6 Å². The molecule has 2 aliphatic heterocycles. The predicted octanol–water partition coefficient (Wildman–Crippen LogP) is 8.86. The molecule has 5 aromatic rings. The van der Waals surface area contributed by atoms with E-state index in [1.807, 2.05) is 74.8 Å². The van der Waals surface area contributed by atoms with Crippen LogP contribution in [0.5, 0.6) is 0 Å². The molecule has 7 rings (SSSR count). The van der Waals surface area contributed by atoms with E-state index in [-0.39, 0.29) is 33.5 Å². The molecule has 16 heteroatoms. The minimum Gasteiger partial charge on any atom is -0.380 e. The average Bonchev–Trinajstić information content (AvgIpc) is 3.25. The number of halogens is 2. The van der Waals surface area contributed by atoms with Crippen LogP contribution < -0.4 is 10.0 Å². The standard InChI is InChI=1S/C47H57ClFN7O4S3/c1-47(2,3)62(57,58)45-28-38(18-19-43(45)52-35(20-24-54(4)5)31-61-37-10-7-6-8-11-37)63(59,60)53-46-40-23-27-56(30-44(40)50-32-51-46)36-21-25-55(26-22-36)29-41-39(12-9-13-42(41)49)33-14-16-34(48)17-15-33/h6-19,28,32,35-36,52H,20-27,29-31H2,1-5H3,(H,50,51,53)/t35-/m1/s1. The molecule has 1 aromatic heterocycles. The fraction of sp³-hybridized carbons (Fsp3) is 0.404. The molecule has 4 aromatic carbocycles. The van der Waals surface area contributed by atoms with Gasteiger partial charge in [-0.05, 0) is 140 Å². The minimum absolute atomic E-state index is 0.0697. The van der Waals surface area contributed by atoms with Gasteiger partial charge in [-0.3, -0.25) is 14.5 Å². The summed E-state index contributed by atoms with van der Waals surface area (Å²) in [6.45, 7) is 8.97. The van der Waals surface area contributed by atoms with Crippen LogP contribution in [0.2, 0.25) is 5.02 Å². The fourth-order valence-corrected chi connectivity index (χ4v) is 11.8. The third kappa shape index (κ3) is 11.4. The number of hydrogen-bond donors (Lipinski definition) is 2. The molecule has 11 nitrogen and oxygen atoms in total. The number of benzene rings is 4. The second kappa shape index (κ2) is 20.0. The molecule has 1 atom stereocenters. The average molecular weight is 935 g/mol. The molecule has 1 fully saturated rings. The van der Waals surface area contributed by atoms with Crippen LogP contribution in [0.3, 0.4) is 0 Å². The van der Waals surface area contributed by atoms with Gasteiger partial charge in [0.2, 0.25) is 0 Å². The molecule has 0 unspecified atom stereocenters. The lowest BCUT2D eigenvalue weighted by molar-refractivity contribution is 0.0932. The Morgan fingerprint density at radius 1 is 0.921 bits per heavy atom. The first kappa shape index (κ1) is 46.9. The summed E-state index contributed by atoms with van der Waals surface area (Å²) in [6, 6.07) is 27.2. The van der Waals surface area contributed by atoms with Crippen LogP contribution in [0.25, 0.3) is 11.1 Å². The number of aromatic nitrogens is 2. The molecule has 1 saturated heterocycles. The maximum atomic E-state index is 15.2. The monoisotopic (exact) mass is 933 g/mol. The number of likely N-dealkylation sites (tertiary alicyclic amines) is 1. The van der Waals surface area contributed by atoms with Crippen molar-refractivity contribution >= 4 is 54.7 Å². The Morgan fingerprint density at radius 3 is 2.35 bits per heavy atom. The Balaban J connectivity index is 1.04. The highest BCUT2D eigenvalue weighted by molar-refractivity contribution is 7.99. The minimum atomic E-state index is -4.27. The number of anilines is 2. The van der Waals surface area contributed by atoms with Gasteiger partial charge in [-0.1, -0.05) is 54.1 Å². The molecule has 0 radical (unpaired) electrons. The van der Waals surface area contributed by atoms with Gasteiger partial charge in [-0.25, -0.2) is 31.2 Å². The third-order valence-electron chi connectivity index (χ3n) is 11.8. The fourth-order valence-electron chi connectivity index (χ4n) is 8.13. The highest BCUT2D eigenvalue weighted by atomic mass is 35.5. The Kier molecular flexibility index (Phi) is 14.9. The SMILES string of the molecule is CN(C)CC[C@H](CSc1ccccc1)Nc1ccc(S(=O)(=O)Nc2ncnc3c2CCN(C2CCN(Cc4c(F)cccc4-c4ccc(Cl)cc4)CC2)C3)cc1S(=O)(=O)C(C)(C)C. The van der Waals surface area contributed by atoms with E-state index in [0.29, 0.717) is 48.1 Å². The molecule has 336 valence electrons. The van der Waals surface area contributed by atoms with E-state index in [1.54, 1.807) is 44.7 Å². The summed E-state index contributed by atoms with van der Waals surface area (Å²) in [5, 5.41) is 4.12. The number of thioether (sulfide) groups is 1. The number of rotatable bonds is 16. The Morgan fingerprint density at radius 2 is 1.65 bits per heavy atom. The van der Waals surface area contributed by atoms with E-state index in [1.165, 1.54) is 24.5 Å². The van der Waals surface area contributed by atoms with Gasteiger partial charge < -0.3 is 10.2 Å². The molecule has 0 saturated carbocycles. The molecule has 0 bridgehead atoms. The lowest BCUT2D eigenvalue weighted by atomic mass is 9.96. The summed E-state index contributed by atoms with van der Waals surface area (Å²) < 4.78 is 73.4. The van der Waals surface area contributed by atoms with Crippen molar-refractivity contribution in [3.63, 3.8) is 0 Å². The second-order valence-electron chi connectivity index (χ2n) is 17.6. The van der Waals surface area contributed by atoms with Crippen molar-refractivity contribution in [2.45, 2.75) is 91.1 Å². The molecule has 2 N–H and O–H groups in total. The van der Waals surface area contributed by atoms with Gasteiger partial charge >= 0.3 is 0 Å². The van der Waals surface area contributed by atoms with Gasteiger partial charge in [-0.15, -0.1) is 11.8 Å². The van der Waals surface area contributed by atoms with E-state index in [9.17, 15) is 16.8 Å². The van der Waals surface area contributed by atoms with Crippen molar-refractivity contribution in [2.75, 3.05) is 56.1 Å². The number of sulfonamides is 1. The van der Waals surface area contributed by atoms with Crippen LogP contribution in [0.15, 0.2) is 112 Å². The van der Waals surface area contributed by atoms with E-state index in [0.717, 1.165) is 66.2 Å². The first-order chi connectivity index (χ1) is 30.0. The van der Waals surface area contributed by atoms with Crippen molar-refractivity contribution < 1.29 is 21.2 Å². The molecule has 0 spiro atoms. The summed E-state index contributed by atoms with van der Waals surface area (Å²) >= 11 is 7.80. The quantitative estimate of drug-likeness (QED) is 0.0922. The van der Waals surface area contributed by atoms with Crippen molar-refractivity contribution in [1.29, 1.82) is 0 Å². The van der Waals surface area contributed by atoms with Gasteiger partial charge in [-0.2, -0.15) is 0 Å². The third-order valence-corrected chi connectivity index (χ3v) is 17.1. The lowest BCUT2D eigenvalue weighted by Crippen LogP contribution is -2.46. The molecule has 2 aliphatic rings. The zero-order chi connectivity index (χ0) is 44.9. The summed E-state index contributed by atoms with van der Waals surface area (Å²) in [7, 11) is -4.28. The van der Waals surface area contributed by atoms with Gasteiger partial charge in [0.15, 0.2) is 9.84 Å². The van der Waals surface area contributed by atoms with Crippen LogP contribution in [0, 0.1) is 5.82 Å². The van der Waals surface area contributed by atoms with E-state index in [2.05, 4.69) is 34.7 Å². The van der Waals surface area contributed by atoms with Crippen molar-refractivity contribution in [3.8, 4) is 11.1 Å². The zero-order valence-corrected chi connectivity index (χ0v) is 39.7. The predicted molar refractivity (Wildman–Crippen MR) is 253 cm³/mol. The molecule has 63 heavy (non-hydrogen) atoms. The van der Waals surface area contributed by atoms with Crippen LogP contribution >= 0.6 is 23.4 Å². The molecular weight excluding hydrogens is 877 g/mol. The van der Waals surface area contributed by atoms with Crippen LogP contribution in [0.1, 0.15) is 56.9 Å². The van der Waals surface area contributed by atoms with Crippen LogP contribution in [-0.2, 0) is 39.4 Å². The first-order valence-electron chi connectivity index (χ1n) is 21.3. The van der Waals surface area contributed by atoms with Gasteiger partial charge in [0.1, 0.15) is 18.0 Å². The Bertz CT molecular complexity index is 2590. The number of nitrogens with zero attached hydrogens (tertiary/aromatic N) is 5. The topological polar surface area (TPSA) is 128 Å². The molecule has 0 amide bonds. The maximum Gasteiger partial charge on any atom is 0.263 e. The normalized spacial score (nSPS) is 16.2. The molecule has 0 aliphatic carbocycles. The molecule has 3 heterocycles. The summed E-state index contributed by atoms with van der Waals surface area (Å²) in [6.07, 6.45) is 4.45. The van der Waals surface area contributed by atoms with Crippen LogP contribution in [0.4, 0.5) is 15.9 Å². The Labute approximate surface area is 381 Å². The van der Waals surface area contributed by atoms with Crippen molar-refractivity contribution in [1.82, 2.24) is 24.7 Å². The van der Waals surface area contributed by atoms with Crippen molar-refractivity contribution in [3.05, 3.63) is 125 Å². The highest BCUT2D eigenvalue weighted by Crippen LogP contribution is 2.36. The number of hydrogen-bond acceptors (Lipinski definition) is 11. The van der Waals surface area contributed by atoms with E-state index >= 15 is 4.39 Å². The number of nitrogens with one attached hydrogen (secondary N) is 2. The Hall–Kier alpha value is -4.09. The number of fused-ring (bicyclic) bond motifs is 1.